The van der Waals surface area contributed by atoms with Gasteiger partial charge in [0.1, 0.15) is 0 Å². The molecule has 1 aromatic carbocycles. The van der Waals surface area contributed by atoms with Crippen LogP contribution in [0.15, 0.2) is 65.3 Å². The number of carbonyl (C=O) groups excluding carboxylic acids is 1. The Labute approximate surface area is 142 Å². The summed E-state index contributed by atoms with van der Waals surface area (Å²) in [6.07, 6.45) is 4.56. The van der Waals surface area contributed by atoms with E-state index >= 15 is 0 Å². The number of hydrogen-bond donors (Lipinski definition) is 2. The summed E-state index contributed by atoms with van der Waals surface area (Å²) in [5, 5.41) is 4.66. The lowest BCUT2D eigenvalue weighted by molar-refractivity contribution is 0.102. The van der Waals surface area contributed by atoms with E-state index in [2.05, 4.69) is 20.0 Å². The van der Waals surface area contributed by atoms with Gasteiger partial charge < -0.3 is 5.32 Å². The number of carbonyl (C=O) groups is 1. The van der Waals surface area contributed by atoms with Crippen LogP contribution in [-0.4, -0.2) is 24.3 Å². The lowest BCUT2D eigenvalue weighted by Gasteiger charge is -2.08. The average Bonchev–Trinajstić information content (AvgIpc) is 3.08. The van der Waals surface area contributed by atoms with Gasteiger partial charge in [0, 0.05) is 35.2 Å². The van der Waals surface area contributed by atoms with Gasteiger partial charge in [0.15, 0.2) is 5.13 Å². The number of nitrogens with one attached hydrogen (secondary N) is 2. The predicted octanol–water partition coefficient (Wildman–Crippen LogP) is 2.59. The summed E-state index contributed by atoms with van der Waals surface area (Å²) in [4.78, 5) is 19.8. The molecule has 0 saturated carbocycles. The molecule has 2 heterocycles. The molecule has 122 valence electrons. The highest BCUT2D eigenvalue weighted by Gasteiger charge is 2.15. The van der Waals surface area contributed by atoms with E-state index in [0.29, 0.717) is 16.4 Å². The monoisotopic (exact) mass is 360 g/mol. The zero-order chi connectivity index (χ0) is 17.0. The molecule has 3 rings (SSSR count). The molecule has 2 aromatic heterocycles. The van der Waals surface area contributed by atoms with Crippen LogP contribution in [0.3, 0.4) is 0 Å². The third-order valence-electron chi connectivity index (χ3n) is 3.02. The minimum atomic E-state index is -3.70. The third kappa shape index (κ3) is 3.76. The highest BCUT2D eigenvalue weighted by atomic mass is 32.2. The van der Waals surface area contributed by atoms with Crippen LogP contribution in [0.1, 0.15) is 10.4 Å². The van der Waals surface area contributed by atoms with Gasteiger partial charge in [-0.25, -0.2) is 13.4 Å². The number of thiazole rings is 1. The van der Waals surface area contributed by atoms with Crippen molar-refractivity contribution in [3.8, 4) is 0 Å². The summed E-state index contributed by atoms with van der Waals surface area (Å²) >= 11 is 1.19. The number of nitrogens with zero attached hydrogens (tertiary/aromatic N) is 2. The molecule has 0 atom stereocenters. The van der Waals surface area contributed by atoms with Crippen LogP contribution < -0.4 is 10.0 Å². The maximum absolute atomic E-state index is 12.2. The Morgan fingerprint density at radius 3 is 2.33 bits per heavy atom. The smallest absolute Gasteiger partial charge is 0.263 e. The van der Waals surface area contributed by atoms with Gasteiger partial charge in [0.25, 0.3) is 15.9 Å². The van der Waals surface area contributed by atoms with Crippen molar-refractivity contribution in [3.05, 3.63) is 65.9 Å². The predicted molar refractivity (Wildman–Crippen MR) is 91.6 cm³/mol. The Kier molecular flexibility index (Phi) is 4.54. The van der Waals surface area contributed by atoms with E-state index in [1.807, 2.05) is 0 Å². The molecule has 0 spiro atoms. The lowest BCUT2D eigenvalue weighted by Crippen LogP contribution is -2.14. The number of aromatic nitrogens is 2. The maximum atomic E-state index is 12.2. The molecule has 0 aliphatic heterocycles. The summed E-state index contributed by atoms with van der Waals surface area (Å²) in [6, 6.07) is 9.05. The molecule has 0 aliphatic carbocycles. The fourth-order valence-electron chi connectivity index (χ4n) is 1.87. The molecule has 0 unspecified atom stereocenters. The second-order valence-corrected chi connectivity index (χ2v) is 7.23. The third-order valence-corrected chi connectivity index (χ3v) is 5.19. The van der Waals surface area contributed by atoms with Crippen molar-refractivity contribution >= 4 is 38.1 Å². The number of pyridine rings is 1. The SMILES string of the molecule is O=C(Nc1ccc(S(=O)(=O)Nc2nccs2)cc1)c1ccncc1. The quantitative estimate of drug-likeness (QED) is 0.728. The van der Waals surface area contributed by atoms with Gasteiger partial charge in [-0.2, -0.15) is 0 Å². The maximum Gasteiger partial charge on any atom is 0.263 e. The van der Waals surface area contributed by atoms with Gasteiger partial charge in [-0.05, 0) is 36.4 Å². The van der Waals surface area contributed by atoms with Crippen LogP contribution in [0.4, 0.5) is 10.8 Å². The van der Waals surface area contributed by atoms with Crippen LogP contribution in [0, 0.1) is 0 Å². The van der Waals surface area contributed by atoms with Gasteiger partial charge >= 0.3 is 0 Å². The molecular weight excluding hydrogens is 348 g/mol. The Bertz CT molecular complexity index is 925. The van der Waals surface area contributed by atoms with E-state index in [9.17, 15) is 13.2 Å². The number of amides is 1. The summed E-state index contributed by atoms with van der Waals surface area (Å²) in [5.74, 6) is -0.297. The normalized spacial score (nSPS) is 11.0. The van der Waals surface area contributed by atoms with Crippen molar-refractivity contribution in [1.82, 2.24) is 9.97 Å². The van der Waals surface area contributed by atoms with Crippen molar-refractivity contribution in [2.24, 2.45) is 0 Å². The van der Waals surface area contributed by atoms with Crippen molar-refractivity contribution in [2.75, 3.05) is 10.0 Å². The van der Waals surface area contributed by atoms with Crippen LogP contribution in [-0.2, 0) is 10.0 Å². The largest absolute Gasteiger partial charge is 0.322 e. The van der Waals surface area contributed by atoms with E-state index in [0.717, 1.165) is 0 Å². The topological polar surface area (TPSA) is 101 Å². The van der Waals surface area contributed by atoms with Gasteiger partial charge in [-0.15, -0.1) is 11.3 Å². The van der Waals surface area contributed by atoms with E-state index < -0.39 is 10.0 Å². The molecule has 7 nitrogen and oxygen atoms in total. The summed E-state index contributed by atoms with van der Waals surface area (Å²) in [6.45, 7) is 0. The minimum absolute atomic E-state index is 0.0830. The second-order valence-electron chi connectivity index (χ2n) is 4.66. The first kappa shape index (κ1) is 16.1. The van der Waals surface area contributed by atoms with Crippen molar-refractivity contribution in [2.45, 2.75) is 4.90 Å². The van der Waals surface area contributed by atoms with E-state index in [-0.39, 0.29) is 10.8 Å². The number of hydrogen-bond acceptors (Lipinski definition) is 6. The summed E-state index contributed by atoms with van der Waals surface area (Å²) in [7, 11) is -3.70. The standard InChI is InChI=1S/C15H12N4O3S2/c20-14(11-5-7-16-8-6-11)18-12-1-3-13(4-2-12)24(21,22)19-15-17-9-10-23-15/h1-10H,(H,17,19)(H,18,20). The fraction of sp³-hybridized carbons (Fsp3) is 0. The van der Waals surface area contributed by atoms with Gasteiger partial charge in [-0.1, -0.05) is 0 Å². The molecule has 0 fully saturated rings. The van der Waals surface area contributed by atoms with Gasteiger partial charge in [-0.3, -0.25) is 14.5 Å². The molecule has 0 aliphatic rings. The Morgan fingerprint density at radius 2 is 1.71 bits per heavy atom. The first-order chi connectivity index (χ1) is 11.5. The average molecular weight is 360 g/mol. The zero-order valence-corrected chi connectivity index (χ0v) is 13.8. The first-order valence-corrected chi connectivity index (χ1v) is 9.15. The van der Waals surface area contributed by atoms with Crippen molar-refractivity contribution in [3.63, 3.8) is 0 Å². The highest BCUT2D eigenvalue weighted by Crippen LogP contribution is 2.19. The van der Waals surface area contributed by atoms with Crippen LogP contribution in [0.5, 0.6) is 0 Å². The van der Waals surface area contributed by atoms with E-state index in [1.165, 1.54) is 54.2 Å². The lowest BCUT2D eigenvalue weighted by atomic mass is 10.2. The van der Waals surface area contributed by atoms with Crippen LogP contribution >= 0.6 is 11.3 Å². The van der Waals surface area contributed by atoms with Gasteiger partial charge in [0.2, 0.25) is 0 Å². The van der Waals surface area contributed by atoms with Crippen LogP contribution in [0.2, 0.25) is 0 Å². The molecule has 2 N–H and O–H groups in total. The Morgan fingerprint density at radius 1 is 1.00 bits per heavy atom. The number of anilines is 2. The summed E-state index contributed by atoms with van der Waals surface area (Å²) < 4.78 is 26.8. The second kappa shape index (κ2) is 6.77. The molecule has 0 bridgehead atoms. The molecule has 9 heteroatoms. The number of benzene rings is 1. The molecule has 0 saturated heterocycles. The molecule has 24 heavy (non-hydrogen) atoms. The fourth-order valence-corrected chi connectivity index (χ4v) is 3.66. The first-order valence-electron chi connectivity index (χ1n) is 6.78. The molecule has 1 amide bonds. The number of rotatable bonds is 5. The highest BCUT2D eigenvalue weighted by molar-refractivity contribution is 7.93. The van der Waals surface area contributed by atoms with Crippen molar-refractivity contribution in [1.29, 1.82) is 0 Å². The molecular formula is C15H12N4O3S2. The van der Waals surface area contributed by atoms with Crippen molar-refractivity contribution < 1.29 is 13.2 Å². The Hall–Kier alpha value is -2.78. The minimum Gasteiger partial charge on any atom is -0.322 e. The summed E-state index contributed by atoms with van der Waals surface area (Å²) in [5.41, 5.74) is 0.956. The van der Waals surface area contributed by atoms with E-state index in [1.54, 1.807) is 17.5 Å². The molecule has 3 aromatic rings. The van der Waals surface area contributed by atoms with Gasteiger partial charge in [0.05, 0.1) is 4.90 Å². The molecule has 0 radical (unpaired) electrons. The number of sulfonamides is 1. The van der Waals surface area contributed by atoms with E-state index in [4.69, 9.17) is 0 Å². The zero-order valence-electron chi connectivity index (χ0n) is 12.2. The van der Waals surface area contributed by atoms with Crippen LogP contribution in [0.25, 0.3) is 0 Å². The Balaban J connectivity index is 1.72.